The van der Waals surface area contributed by atoms with Gasteiger partial charge in [-0.05, 0) is 6.07 Å². The van der Waals surface area contributed by atoms with Crippen LogP contribution in [0.3, 0.4) is 0 Å². The van der Waals surface area contributed by atoms with E-state index in [2.05, 4.69) is 15.3 Å². The molecule has 1 aromatic heterocycles. The molecule has 0 aromatic carbocycles. The van der Waals surface area contributed by atoms with Gasteiger partial charge in [0.05, 0.1) is 0 Å². The second-order valence-corrected chi connectivity index (χ2v) is 2.63. The van der Waals surface area contributed by atoms with Crippen molar-refractivity contribution < 1.29 is 9.90 Å². The van der Waals surface area contributed by atoms with Crippen molar-refractivity contribution in [2.45, 2.75) is 6.04 Å². The van der Waals surface area contributed by atoms with Crippen LogP contribution in [0.25, 0.3) is 0 Å². The van der Waals surface area contributed by atoms with Crippen LogP contribution < -0.4 is 16.8 Å². The van der Waals surface area contributed by atoms with Crippen molar-refractivity contribution in [3.63, 3.8) is 0 Å². The van der Waals surface area contributed by atoms with Crippen molar-refractivity contribution in [2.75, 3.05) is 17.6 Å². The van der Waals surface area contributed by atoms with E-state index < -0.39 is 12.0 Å². The summed E-state index contributed by atoms with van der Waals surface area (Å²) in [6.07, 6.45) is 1.47. The molecule has 0 bridgehead atoms. The van der Waals surface area contributed by atoms with E-state index >= 15 is 0 Å². The number of aromatic nitrogens is 2. The summed E-state index contributed by atoms with van der Waals surface area (Å²) in [6, 6.07) is 0.608. The SMILES string of the molecule is Nc1nccc(NCC(N)C(=O)O)n1. The molecule has 1 rings (SSSR count). The lowest BCUT2D eigenvalue weighted by molar-refractivity contribution is -0.138. The second-order valence-electron chi connectivity index (χ2n) is 2.63. The molecule has 7 heteroatoms. The van der Waals surface area contributed by atoms with E-state index in [1.807, 2.05) is 0 Å². The first kappa shape index (κ1) is 10.2. The fourth-order valence-electron chi connectivity index (χ4n) is 0.774. The Morgan fingerprint density at radius 2 is 2.43 bits per heavy atom. The summed E-state index contributed by atoms with van der Waals surface area (Å²) in [4.78, 5) is 17.9. The minimum atomic E-state index is -1.07. The van der Waals surface area contributed by atoms with Gasteiger partial charge in [0.1, 0.15) is 11.9 Å². The molecule has 0 radical (unpaired) electrons. The number of hydrogen-bond donors (Lipinski definition) is 4. The zero-order valence-corrected chi connectivity index (χ0v) is 7.34. The van der Waals surface area contributed by atoms with Crippen LogP contribution in [-0.2, 0) is 4.79 Å². The highest BCUT2D eigenvalue weighted by Gasteiger charge is 2.10. The molecule has 1 unspecified atom stereocenters. The third-order valence-corrected chi connectivity index (χ3v) is 1.49. The molecule has 14 heavy (non-hydrogen) atoms. The summed E-state index contributed by atoms with van der Waals surface area (Å²) in [5.41, 5.74) is 10.6. The Kier molecular flexibility index (Phi) is 3.19. The van der Waals surface area contributed by atoms with Crippen molar-refractivity contribution in [1.29, 1.82) is 0 Å². The van der Waals surface area contributed by atoms with Crippen molar-refractivity contribution in [1.82, 2.24) is 9.97 Å². The summed E-state index contributed by atoms with van der Waals surface area (Å²) in [7, 11) is 0. The first-order valence-corrected chi connectivity index (χ1v) is 3.90. The number of carbonyl (C=O) groups is 1. The number of rotatable bonds is 4. The predicted molar refractivity (Wildman–Crippen MR) is 50.5 cm³/mol. The summed E-state index contributed by atoms with van der Waals surface area (Å²) in [6.45, 7) is 0.0891. The molecule has 1 aromatic rings. The number of carboxylic acid groups (broad SMARTS) is 1. The van der Waals surface area contributed by atoms with E-state index in [0.29, 0.717) is 5.82 Å². The average molecular weight is 197 g/mol. The molecule has 0 spiro atoms. The van der Waals surface area contributed by atoms with Gasteiger partial charge in [0.2, 0.25) is 5.95 Å². The molecule has 6 N–H and O–H groups in total. The quantitative estimate of drug-likeness (QED) is 0.481. The van der Waals surface area contributed by atoms with E-state index in [4.69, 9.17) is 16.6 Å². The Bertz CT molecular complexity index is 330. The van der Waals surface area contributed by atoms with Gasteiger partial charge in [0.25, 0.3) is 0 Å². The highest BCUT2D eigenvalue weighted by molar-refractivity contribution is 5.73. The van der Waals surface area contributed by atoms with Gasteiger partial charge in [-0.3, -0.25) is 4.79 Å². The number of nitrogens with two attached hydrogens (primary N) is 2. The zero-order valence-electron chi connectivity index (χ0n) is 7.34. The topological polar surface area (TPSA) is 127 Å². The Hall–Kier alpha value is -1.89. The number of nitrogens with one attached hydrogen (secondary N) is 1. The highest BCUT2D eigenvalue weighted by atomic mass is 16.4. The molecular formula is C7H11N5O2. The summed E-state index contributed by atoms with van der Waals surface area (Å²) < 4.78 is 0. The lowest BCUT2D eigenvalue weighted by atomic mass is 10.3. The van der Waals surface area contributed by atoms with Crippen LogP contribution >= 0.6 is 0 Å². The second kappa shape index (κ2) is 4.38. The van der Waals surface area contributed by atoms with Crippen molar-refractivity contribution >= 4 is 17.7 Å². The smallest absolute Gasteiger partial charge is 0.322 e. The number of nitrogens with zero attached hydrogens (tertiary/aromatic N) is 2. The lowest BCUT2D eigenvalue weighted by Gasteiger charge is -2.08. The average Bonchev–Trinajstić information content (AvgIpc) is 2.14. The van der Waals surface area contributed by atoms with Crippen LogP contribution in [0.5, 0.6) is 0 Å². The van der Waals surface area contributed by atoms with Gasteiger partial charge < -0.3 is 21.9 Å². The molecule has 0 aliphatic carbocycles. The van der Waals surface area contributed by atoms with Crippen LogP contribution in [0.4, 0.5) is 11.8 Å². The van der Waals surface area contributed by atoms with Gasteiger partial charge in [-0.2, -0.15) is 4.98 Å². The van der Waals surface area contributed by atoms with Gasteiger partial charge in [-0.25, -0.2) is 4.98 Å². The summed E-state index contributed by atoms with van der Waals surface area (Å²) in [5.74, 6) is -0.493. The zero-order chi connectivity index (χ0) is 10.6. The van der Waals surface area contributed by atoms with Crippen molar-refractivity contribution in [3.8, 4) is 0 Å². The predicted octanol–water partition coefficient (Wildman–Crippen LogP) is -1.12. The van der Waals surface area contributed by atoms with E-state index in [1.54, 1.807) is 6.07 Å². The molecule has 0 amide bonds. The van der Waals surface area contributed by atoms with Crippen molar-refractivity contribution in [2.24, 2.45) is 5.73 Å². The van der Waals surface area contributed by atoms with Crippen LogP contribution in [0.1, 0.15) is 0 Å². The first-order chi connectivity index (χ1) is 6.59. The summed E-state index contributed by atoms with van der Waals surface area (Å²) in [5, 5.41) is 11.2. The molecule has 76 valence electrons. The monoisotopic (exact) mass is 197 g/mol. The van der Waals surface area contributed by atoms with Crippen LogP contribution in [0, 0.1) is 0 Å². The number of hydrogen-bond acceptors (Lipinski definition) is 6. The molecule has 0 aliphatic heterocycles. The maximum atomic E-state index is 10.4. The number of anilines is 2. The van der Waals surface area contributed by atoms with E-state index in [9.17, 15) is 4.79 Å². The highest BCUT2D eigenvalue weighted by Crippen LogP contribution is 2.01. The van der Waals surface area contributed by atoms with Crippen LogP contribution in [0.2, 0.25) is 0 Å². The Labute approximate surface area is 80.2 Å². The molecule has 0 fully saturated rings. The van der Waals surface area contributed by atoms with Crippen LogP contribution in [0.15, 0.2) is 12.3 Å². The van der Waals surface area contributed by atoms with E-state index in [0.717, 1.165) is 0 Å². The third-order valence-electron chi connectivity index (χ3n) is 1.49. The van der Waals surface area contributed by atoms with Gasteiger partial charge >= 0.3 is 5.97 Å². The molecule has 0 aliphatic rings. The largest absolute Gasteiger partial charge is 0.480 e. The van der Waals surface area contributed by atoms with Gasteiger partial charge in [0.15, 0.2) is 0 Å². The van der Waals surface area contributed by atoms with Gasteiger partial charge in [0, 0.05) is 12.7 Å². The third kappa shape index (κ3) is 2.87. The van der Waals surface area contributed by atoms with E-state index in [-0.39, 0.29) is 12.5 Å². The molecule has 1 atom stereocenters. The lowest BCUT2D eigenvalue weighted by Crippen LogP contribution is -2.37. The van der Waals surface area contributed by atoms with Gasteiger partial charge in [-0.15, -0.1) is 0 Å². The minimum absolute atomic E-state index is 0.0891. The normalized spacial score (nSPS) is 12.1. The maximum absolute atomic E-state index is 10.4. The molecule has 0 saturated carbocycles. The molecule has 0 saturated heterocycles. The number of carboxylic acids is 1. The van der Waals surface area contributed by atoms with Crippen molar-refractivity contribution in [3.05, 3.63) is 12.3 Å². The maximum Gasteiger partial charge on any atom is 0.322 e. The fraction of sp³-hybridized carbons (Fsp3) is 0.286. The number of nitrogen functional groups attached to an aromatic ring is 1. The molecular weight excluding hydrogens is 186 g/mol. The molecule has 1 heterocycles. The minimum Gasteiger partial charge on any atom is -0.480 e. The Morgan fingerprint density at radius 3 is 3.00 bits per heavy atom. The Balaban J connectivity index is 2.49. The summed E-state index contributed by atoms with van der Waals surface area (Å²) >= 11 is 0. The fourth-order valence-corrected chi connectivity index (χ4v) is 0.774. The Morgan fingerprint density at radius 1 is 1.71 bits per heavy atom. The van der Waals surface area contributed by atoms with Crippen LogP contribution in [-0.4, -0.2) is 33.6 Å². The standard InChI is InChI=1S/C7H11N5O2/c8-4(6(13)14)3-11-5-1-2-10-7(9)12-5/h1-2,4H,3,8H2,(H,13,14)(H3,9,10,11,12). The van der Waals surface area contributed by atoms with Gasteiger partial charge in [-0.1, -0.05) is 0 Å². The number of aliphatic carboxylic acids is 1. The first-order valence-electron chi connectivity index (χ1n) is 3.90. The van der Waals surface area contributed by atoms with E-state index in [1.165, 1.54) is 6.20 Å². The molecule has 7 nitrogen and oxygen atoms in total.